The summed E-state index contributed by atoms with van der Waals surface area (Å²) in [5, 5.41) is 19.7. The summed E-state index contributed by atoms with van der Waals surface area (Å²) in [5.74, 6) is -2.17. The molecule has 0 unspecified atom stereocenters. The predicted octanol–water partition coefficient (Wildman–Crippen LogP) is 5.71. The van der Waals surface area contributed by atoms with Crippen molar-refractivity contribution in [1.29, 1.82) is 0 Å². The zero-order chi connectivity index (χ0) is 39.8. The monoisotopic (exact) mass is 786 g/mol. The molecule has 0 spiro atoms. The number of aliphatic carboxylic acids is 2. The van der Waals surface area contributed by atoms with Crippen LogP contribution in [-0.2, 0) is 9.59 Å². The van der Waals surface area contributed by atoms with E-state index in [2.05, 4.69) is 0 Å². The van der Waals surface area contributed by atoms with Crippen molar-refractivity contribution < 1.29 is 56.5 Å². The summed E-state index contributed by atoms with van der Waals surface area (Å²) >= 11 is 0. The molecule has 0 amide bonds. The van der Waals surface area contributed by atoms with Gasteiger partial charge in [-0.1, -0.05) is 0 Å². The molecule has 54 heavy (non-hydrogen) atoms. The molecule has 6 nitrogen and oxygen atoms in total. The van der Waals surface area contributed by atoms with Crippen molar-refractivity contribution in [2.75, 3.05) is 0 Å². The minimum absolute atomic E-state index is 0.324. The van der Waals surface area contributed by atoms with Crippen LogP contribution < -0.4 is 42.0 Å². The van der Waals surface area contributed by atoms with Gasteiger partial charge in [-0.2, -0.15) is 0 Å². The number of halogens is 6. The van der Waals surface area contributed by atoms with Gasteiger partial charge in [0.1, 0.15) is 0 Å². The standard InChI is InChI=1S/2C18H16F3NP.2C2H4O2/c2*19-22(20,21)23(16-10-4-1-5-11-16,17-12-6-2-7-13-17)18-14-8-3-9-15-18;2*1-2(3)4/h2*1-15,23H;2*1H3,(H,3,4)/q2*+1;;/p-2. The number of carbonyl (C=O) groups is 2. The number of carbonyl (C=O) groups excluding carboxylic acids is 2. The van der Waals surface area contributed by atoms with E-state index in [4.69, 9.17) is 19.8 Å². The third-order valence-electron chi connectivity index (χ3n) is 7.91. The van der Waals surface area contributed by atoms with Crippen molar-refractivity contribution >= 4 is 58.6 Å². The van der Waals surface area contributed by atoms with E-state index in [9.17, 15) is 26.9 Å². The Morgan fingerprint density at radius 2 is 0.463 bits per heavy atom. The Labute approximate surface area is 310 Å². The zero-order valence-corrected chi connectivity index (χ0v) is 31.1. The van der Waals surface area contributed by atoms with Gasteiger partial charge in [-0.3, -0.25) is 0 Å². The van der Waals surface area contributed by atoms with Gasteiger partial charge in [0, 0.05) is 11.9 Å². The average Bonchev–Trinajstić information content (AvgIpc) is 3.14. The van der Waals surface area contributed by atoms with E-state index in [1.807, 2.05) is 0 Å². The Hall–Kier alpha value is -5.38. The van der Waals surface area contributed by atoms with Gasteiger partial charge in [-0.15, -0.1) is 0 Å². The van der Waals surface area contributed by atoms with Crippen molar-refractivity contribution in [3.8, 4) is 0 Å². The molecular formula is C40H38F6N2O4P2. The fourth-order valence-electron chi connectivity index (χ4n) is 5.95. The second-order valence-corrected chi connectivity index (χ2v) is 18.8. The molecule has 0 heterocycles. The quantitative estimate of drug-likeness (QED) is 0.113. The van der Waals surface area contributed by atoms with Crippen molar-refractivity contribution in [2.45, 2.75) is 13.8 Å². The van der Waals surface area contributed by atoms with Gasteiger partial charge in [0.2, 0.25) is 0 Å². The van der Waals surface area contributed by atoms with Gasteiger partial charge >= 0.3 is 265 Å². The summed E-state index contributed by atoms with van der Waals surface area (Å²) in [7, 11) is -8.38. The van der Waals surface area contributed by atoms with Crippen LogP contribution in [0.4, 0.5) is 26.9 Å². The number of carboxylic acids is 2. The van der Waals surface area contributed by atoms with Gasteiger partial charge in [0.15, 0.2) is 0 Å². The number of rotatable bonds is 8. The Morgan fingerprint density at radius 1 is 0.352 bits per heavy atom. The molecule has 6 aromatic rings. The van der Waals surface area contributed by atoms with Gasteiger partial charge in [-0.05, 0) is 13.8 Å². The summed E-state index contributed by atoms with van der Waals surface area (Å²) in [6, 6.07) is 49.4. The normalized spacial score (nSPS) is 11.9. The summed E-state index contributed by atoms with van der Waals surface area (Å²) in [4.78, 5) is 10.6. The maximum absolute atomic E-state index is 14.4. The molecule has 0 fully saturated rings. The number of quaternary nitrogens is 2. The van der Waals surface area contributed by atoms with E-state index in [1.54, 1.807) is 182 Å². The molecule has 0 aromatic heterocycles. The SMILES string of the molecule is CC(=O)[O-].CC(=O)[O-].F[N+](F)(F)[PH](c1ccccc1)(c1ccccc1)c1ccccc1.F[N+](F)(F)[PH](c1ccccc1)(c1ccccc1)c1ccccc1. The molecule has 284 valence electrons. The summed E-state index contributed by atoms with van der Waals surface area (Å²) in [6.45, 7) is 1.94. The molecule has 0 aliphatic rings. The fraction of sp³-hybridized carbons (Fsp3) is 0.0500. The summed E-state index contributed by atoms with van der Waals surface area (Å²) in [5.41, 5.74) is 0. The molecule has 0 saturated carbocycles. The third-order valence-corrected chi connectivity index (χ3v) is 16.4. The molecule has 0 bridgehead atoms. The zero-order valence-electron chi connectivity index (χ0n) is 29.1. The van der Waals surface area contributed by atoms with Crippen molar-refractivity contribution in [3.63, 3.8) is 0 Å². The average molecular weight is 787 g/mol. The molecule has 0 atom stereocenters. The van der Waals surface area contributed by atoms with E-state index in [0.29, 0.717) is 31.8 Å². The van der Waals surface area contributed by atoms with Crippen LogP contribution in [0.1, 0.15) is 13.8 Å². The summed E-state index contributed by atoms with van der Waals surface area (Å²) < 4.78 is 86.6. The first kappa shape index (κ1) is 43.0. The van der Waals surface area contributed by atoms with Crippen LogP contribution in [0.15, 0.2) is 182 Å². The van der Waals surface area contributed by atoms with Crippen LogP contribution in [-0.4, -0.2) is 21.8 Å². The van der Waals surface area contributed by atoms with E-state index >= 15 is 0 Å². The summed E-state index contributed by atoms with van der Waals surface area (Å²) in [6.07, 6.45) is 0. The third kappa shape index (κ3) is 10.4. The second kappa shape index (κ2) is 19.6. The molecule has 0 N–H and O–H groups in total. The van der Waals surface area contributed by atoms with Crippen molar-refractivity contribution in [2.24, 2.45) is 0 Å². The van der Waals surface area contributed by atoms with Gasteiger partial charge in [-0.25, -0.2) is 0 Å². The van der Waals surface area contributed by atoms with Crippen LogP contribution in [0, 0.1) is 0 Å². The Kier molecular flexibility index (Phi) is 15.6. The number of nitrogens with zero attached hydrogens (tertiary/aromatic N) is 2. The Morgan fingerprint density at radius 3 is 0.556 bits per heavy atom. The van der Waals surface area contributed by atoms with Crippen molar-refractivity contribution in [1.82, 2.24) is 0 Å². The number of hydrogen-bond acceptors (Lipinski definition) is 4. The van der Waals surface area contributed by atoms with Gasteiger partial charge < -0.3 is 19.8 Å². The first-order chi connectivity index (χ1) is 25.6. The van der Waals surface area contributed by atoms with Crippen LogP contribution in [0.3, 0.4) is 0 Å². The first-order valence-electron chi connectivity index (χ1n) is 16.2. The molecule has 6 aromatic carbocycles. The number of carboxylic acid groups (broad SMARTS) is 2. The molecule has 0 aliphatic heterocycles. The molecule has 6 rings (SSSR count). The van der Waals surface area contributed by atoms with E-state index < -0.39 is 36.6 Å². The van der Waals surface area contributed by atoms with Gasteiger partial charge in [0.05, 0.1) is 0 Å². The van der Waals surface area contributed by atoms with E-state index in [0.717, 1.165) is 13.8 Å². The number of benzene rings is 6. The second-order valence-electron chi connectivity index (χ2n) is 11.5. The Bertz CT molecular complexity index is 1660. The van der Waals surface area contributed by atoms with E-state index in [1.165, 1.54) is 0 Å². The minimum atomic E-state index is -4.19. The van der Waals surface area contributed by atoms with Crippen molar-refractivity contribution in [3.05, 3.63) is 182 Å². The molecule has 0 saturated heterocycles. The van der Waals surface area contributed by atoms with Crippen LogP contribution in [0.5, 0.6) is 0 Å². The van der Waals surface area contributed by atoms with Crippen LogP contribution in [0.2, 0.25) is 0 Å². The topological polar surface area (TPSA) is 80.3 Å². The first-order valence-corrected chi connectivity index (χ1v) is 20.1. The van der Waals surface area contributed by atoms with Crippen LogP contribution in [0.25, 0.3) is 0 Å². The maximum atomic E-state index is 14.4. The Balaban J connectivity index is 0.000000243. The van der Waals surface area contributed by atoms with Crippen LogP contribution >= 0.6 is 14.8 Å². The van der Waals surface area contributed by atoms with Gasteiger partial charge in [0.25, 0.3) is 0 Å². The molecule has 0 radical (unpaired) electrons. The molecule has 14 heteroatoms. The molecule has 0 aliphatic carbocycles. The predicted molar refractivity (Wildman–Crippen MR) is 202 cm³/mol. The van der Waals surface area contributed by atoms with E-state index in [-0.39, 0.29) is 0 Å². The fourth-order valence-corrected chi connectivity index (χ4v) is 13.8. The number of hydrogen-bond donors (Lipinski definition) is 0. The molecular weight excluding hydrogens is 748 g/mol.